The average molecular weight is 365 g/mol. The SMILES string of the molecule is C=C(C)C(=O)O.CS(c1ccccc1)(c1ccccc1)c1ccccc1. The Hall–Kier alpha value is -2.78. The lowest BCUT2D eigenvalue weighted by Gasteiger charge is -2.37. The van der Waals surface area contributed by atoms with Crippen molar-refractivity contribution in [3.05, 3.63) is 103 Å². The number of carbonyl (C=O) groups is 1. The third-order valence-electron chi connectivity index (χ3n) is 4.01. The van der Waals surface area contributed by atoms with E-state index in [1.54, 1.807) is 0 Å². The van der Waals surface area contributed by atoms with Gasteiger partial charge in [0.1, 0.15) is 0 Å². The number of carboxylic acid groups (broad SMARTS) is 1. The molecule has 0 radical (unpaired) electrons. The average Bonchev–Trinajstić information content (AvgIpc) is 2.70. The Bertz CT molecular complexity index is 734. The molecule has 3 aromatic carbocycles. The van der Waals surface area contributed by atoms with Crippen molar-refractivity contribution in [1.82, 2.24) is 0 Å². The lowest BCUT2D eigenvalue weighted by Crippen LogP contribution is -2.01. The van der Waals surface area contributed by atoms with Gasteiger partial charge in [-0.05, 0) is 64.3 Å². The molecular weight excluding hydrogens is 340 g/mol. The third kappa shape index (κ3) is 4.64. The fourth-order valence-corrected chi connectivity index (χ4v) is 5.41. The molecule has 0 spiro atoms. The maximum atomic E-state index is 9.60. The van der Waals surface area contributed by atoms with Crippen LogP contribution in [0.15, 0.2) is 118 Å². The summed E-state index contributed by atoms with van der Waals surface area (Å²) in [4.78, 5) is 13.8. The van der Waals surface area contributed by atoms with Crippen molar-refractivity contribution >= 4 is 16.0 Å². The molecule has 0 aliphatic rings. The predicted molar refractivity (Wildman–Crippen MR) is 110 cm³/mol. The fourth-order valence-electron chi connectivity index (χ4n) is 2.49. The standard InChI is InChI=1S/C19H18S.C4H6O2/c1-20(17-11-5-2-6-12-17,18-13-7-3-8-14-18)19-15-9-4-10-16-19;1-3(2)4(5)6/h2-16H,1H3;1H2,2H3,(H,5,6). The van der Waals surface area contributed by atoms with Gasteiger partial charge in [-0.2, -0.15) is 10.0 Å². The highest BCUT2D eigenvalue weighted by atomic mass is 32.3. The zero-order valence-electron chi connectivity index (χ0n) is 15.1. The lowest BCUT2D eigenvalue weighted by molar-refractivity contribution is -0.132. The van der Waals surface area contributed by atoms with Crippen molar-refractivity contribution < 1.29 is 9.90 Å². The van der Waals surface area contributed by atoms with E-state index in [0.29, 0.717) is 0 Å². The van der Waals surface area contributed by atoms with Gasteiger partial charge in [0.25, 0.3) is 0 Å². The molecule has 0 amide bonds. The van der Waals surface area contributed by atoms with E-state index in [1.165, 1.54) is 21.6 Å². The summed E-state index contributed by atoms with van der Waals surface area (Å²) in [5.74, 6) is -0.935. The van der Waals surface area contributed by atoms with Crippen LogP contribution in [-0.2, 0) is 4.79 Å². The first-order chi connectivity index (χ1) is 12.5. The van der Waals surface area contributed by atoms with Gasteiger partial charge in [0, 0.05) is 5.57 Å². The second-order valence-electron chi connectivity index (χ2n) is 5.94. The van der Waals surface area contributed by atoms with Crippen molar-refractivity contribution in [2.45, 2.75) is 21.6 Å². The van der Waals surface area contributed by atoms with Gasteiger partial charge in [-0.1, -0.05) is 61.2 Å². The summed E-state index contributed by atoms with van der Waals surface area (Å²) in [5.41, 5.74) is 0.176. The number of hydrogen-bond acceptors (Lipinski definition) is 1. The van der Waals surface area contributed by atoms with Crippen molar-refractivity contribution in [2.75, 3.05) is 6.26 Å². The summed E-state index contributed by atoms with van der Waals surface area (Å²) >= 11 is 0. The smallest absolute Gasteiger partial charge is 0.330 e. The predicted octanol–water partition coefficient (Wildman–Crippen LogP) is 6.25. The number of benzene rings is 3. The summed E-state index contributed by atoms with van der Waals surface area (Å²) in [5, 5.41) is 7.89. The van der Waals surface area contributed by atoms with Gasteiger partial charge in [-0.15, -0.1) is 0 Å². The van der Waals surface area contributed by atoms with E-state index in [9.17, 15) is 4.79 Å². The van der Waals surface area contributed by atoms with Crippen LogP contribution in [0.3, 0.4) is 0 Å². The number of aliphatic carboxylic acids is 1. The van der Waals surface area contributed by atoms with E-state index in [1.807, 2.05) is 0 Å². The zero-order valence-corrected chi connectivity index (χ0v) is 15.9. The highest BCUT2D eigenvalue weighted by molar-refractivity contribution is 8.33. The van der Waals surface area contributed by atoms with Gasteiger partial charge in [0.2, 0.25) is 0 Å². The second kappa shape index (κ2) is 9.07. The van der Waals surface area contributed by atoms with Crippen LogP contribution in [0.25, 0.3) is 0 Å². The van der Waals surface area contributed by atoms with E-state index in [2.05, 4.69) is 104 Å². The molecule has 0 atom stereocenters. The minimum Gasteiger partial charge on any atom is -0.478 e. The van der Waals surface area contributed by atoms with Crippen LogP contribution in [0.4, 0.5) is 0 Å². The van der Waals surface area contributed by atoms with Crippen molar-refractivity contribution in [3.8, 4) is 0 Å². The number of hydrogen-bond donors (Lipinski definition) is 1. The van der Waals surface area contributed by atoms with Gasteiger partial charge < -0.3 is 5.11 Å². The first kappa shape index (κ1) is 19.5. The van der Waals surface area contributed by atoms with E-state index >= 15 is 0 Å². The quantitative estimate of drug-likeness (QED) is 0.556. The Morgan fingerprint density at radius 3 is 1.15 bits per heavy atom. The molecule has 0 saturated heterocycles. The molecule has 134 valence electrons. The lowest BCUT2D eigenvalue weighted by atomic mass is 10.4. The fraction of sp³-hybridized carbons (Fsp3) is 0.0870. The molecule has 3 heteroatoms. The normalized spacial score (nSPS) is 11.0. The van der Waals surface area contributed by atoms with Crippen LogP contribution < -0.4 is 0 Å². The second-order valence-corrected chi connectivity index (χ2v) is 9.19. The Morgan fingerprint density at radius 2 is 0.962 bits per heavy atom. The van der Waals surface area contributed by atoms with Crippen molar-refractivity contribution in [3.63, 3.8) is 0 Å². The maximum Gasteiger partial charge on any atom is 0.330 e. The minimum atomic E-state index is -1.18. The summed E-state index contributed by atoms with van der Waals surface area (Å²) in [6.45, 7) is 4.60. The van der Waals surface area contributed by atoms with Gasteiger partial charge in [0.05, 0.1) is 0 Å². The van der Waals surface area contributed by atoms with Crippen LogP contribution in [0.1, 0.15) is 6.92 Å². The van der Waals surface area contributed by atoms with E-state index in [4.69, 9.17) is 5.11 Å². The Balaban J connectivity index is 0.000000352. The Kier molecular flexibility index (Phi) is 6.81. The first-order valence-corrected chi connectivity index (χ1v) is 10.3. The molecule has 3 aromatic rings. The van der Waals surface area contributed by atoms with Crippen LogP contribution in [0.2, 0.25) is 0 Å². The zero-order chi connectivity index (χ0) is 19.0. The van der Waals surface area contributed by atoms with E-state index < -0.39 is 16.0 Å². The van der Waals surface area contributed by atoms with Gasteiger partial charge in [-0.25, -0.2) is 4.79 Å². The molecule has 0 saturated carbocycles. The molecule has 26 heavy (non-hydrogen) atoms. The van der Waals surface area contributed by atoms with Crippen LogP contribution in [0.5, 0.6) is 0 Å². The third-order valence-corrected chi connectivity index (χ3v) is 7.65. The first-order valence-electron chi connectivity index (χ1n) is 8.28. The van der Waals surface area contributed by atoms with E-state index in [0.717, 1.165) is 0 Å². The molecule has 0 aliphatic carbocycles. The summed E-state index contributed by atoms with van der Waals surface area (Å²) in [6.07, 6.45) is 2.38. The van der Waals surface area contributed by atoms with Crippen LogP contribution in [0, 0.1) is 0 Å². The summed E-state index contributed by atoms with van der Waals surface area (Å²) < 4.78 is 0. The maximum absolute atomic E-state index is 9.60. The molecule has 0 aliphatic heterocycles. The topological polar surface area (TPSA) is 37.3 Å². The molecule has 1 N–H and O–H groups in total. The van der Waals surface area contributed by atoms with Gasteiger partial charge >= 0.3 is 5.97 Å². The van der Waals surface area contributed by atoms with Gasteiger partial charge in [-0.3, -0.25) is 0 Å². The van der Waals surface area contributed by atoms with Crippen LogP contribution >= 0.6 is 10.0 Å². The van der Waals surface area contributed by atoms with Crippen molar-refractivity contribution in [2.24, 2.45) is 0 Å². The molecule has 0 aromatic heterocycles. The molecule has 0 bridgehead atoms. The molecule has 0 unspecified atom stereocenters. The number of carboxylic acids is 1. The number of rotatable bonds is 4. The van der Waals surface area contributed by atoms with Crippen molar-refractivity contribution in [1.29, 1.82) is 0 Å². The van der Waals surface area contributed by atoms with Gasteiger partial charge in [0.15, 0.2) is 0 Å². The summed E-state index contributed by atoms with van der Waals surface area (Å²) in [6, 6.07) is 32.5. The van der Waals surface area contributed by atoms with Crippen LogP contribution in [-0.4, -0.2) is 17.3 Å². The highest BCUT2D eigenvalue weighted by Gasteiger charge is 2.24. The minimum absolute atomic E-state index is 0.176. The monoisotopic (exact) mass is 364 g/mol. The summed E-state index contributed by atoms with van der Waals surface area (Å²) in [7, 11) is -1.18. The molecule has 0 heterocycles. The largest absolute Gasteiger partial charge is 0.478 e. The molecule has 3 rings (SSSR count). The Labute approximate surface area is 157 Å². The molecular formula is C23H24O2S. The molecule has 0 fully saturated rings. The Morgan fingerprint density at radius 1 is 0.731 bits per heavy atom. The molecule has 2 nitrogen and oxygen atoms in total. The highest BCUT2D eigenvalue weighted by Crippen LogP contribution is 2.65. The van der Waals surface area contributed by atoms with E-state index in [-0.39, 0.29) is 5.57 Å².